The van der Waals surface area contributed by atoms with E-state index in [9.17, 15) is 9.59 Å². The van der Waals surface area contributed by atoms with Gasteiger partial charge in [-0.3, -0.25) is 20.6 Å². The molecule has 2 aromatic carbocycles. The van der Waals surface area contributed by atoms with Crippen LogP contribution in [0.4, 0.5) is 4.79 Å². The van der Waals surface area contributed by atoms with Gasteiger partial charge < -0.3 is 15.0 Å². The average Bonchev–Trinajstić information content (AvgIpc) is 3.17. The van der Waals surface area contributed by atoms with Crippen LogP contribution in [0.5, 0.6) is 0 Å². The van der Waals surface area contributed by atoms with Crippen molar-refractivity contribution in [2.24, 2.45) is 4.99 Å². The van der Waals surface area contributed by atoms with E-state index in [1.54, 1.807) is 6.92 Å². The van der Waals surface area contributed by atoms with Crippen molar-refractivity contribution in [1.29, 1.82) is 0 Å². The molecule has 0 bridgehead atoms. The summed E-state index contributed by atoms with van der Waals surface area (Å²) < 4.78 is 5.38. The number of hydrazine groups is 1. The number of nitrogens with zero attached hydrogens (tertiary/aromatic N) is 1. The summed E-state index contributed by atoms with van der Waals surface area (Å²) in [5.41, 5.74) is 8.33. The van der Waals surface area contributed by atoms with E-state index < -0.39 is 18.2 Å². The van der Waals surface area contributed by atoms with Gasteiger partial charge in [0, 0.05) is 23.5 Å². The Morgan fingerprint density at radius 3 is 2.70 bits per heavy atom. The monoisotopic (exact) mass is 405 g/mol. The molecule has 0 aliphatic carbocycles. The maximum Gasteiger partial charge on any atom is 0.408 e. The number of alkyl carbamates (subject to hydrolysis) is 1. The Morgan fingerprint density at radius 2 is 1.90 bits per heavy atom. The first-order chi connectivity index (χ1) is 14.6. The third kappa shape index (κ3) is 4.43. The molecule has 1 unspecified atom stereocenters. The number of aliphatic imine (C=N–C) groups is 1. The van der Waals surface area contributed by atoms with Crippen LogP contribution in [0.15, 0.2) is 65.8 Å². The normalized spacial score (nSPS) is 16.9. The molecular formula is C22H23N5O3. The third-order valence-corrected chi connectivity index (χ3v) is 4.96. The van der Waals surface area contributed by atoms with Gasteiger partial charge in [0.15, 0.2) is 0 Å². The van der Waals surface area contributed by atoms with Gasteiger partial charge in [-0.2, -0.15) is 0 Å². The molecule has 1 aromatic heterocycles. The number of nitrogens with one attached hydrogen (secondary N) is 4. The molecule has 8 nitrogen and oxygen atoms in total. The lowest BCUT2D eigenvalue weighted by molar-refractivity contribution is -0.122. The fraction of sp³-hybridized carbons (Fsp3) is 0.227. The third-order valence-electron chi connectivity index (χ3n) is 4.96. The molecule has 0 saturated heterocycles. The van der Waals surface area contributed by atoms with Crippen LogP contribution < -0.4 is 16.2 Å². The lowest BCUT2D eigenvalue weighted by Gasteiger charge is -2.26. The standard InChI is InChI=1S/C22H23N5O3/c1-14-21(28)27-26-20(24-14)19(11-16-12-23-18-10-6-5-9-17(16)18)25-22(29)30-13-15-7-3-2-4-8-15/h2-10,12,14,19,23H,11,13H2,1H3,(H,24,26)(H,25,29)(H,27,28)/t14-,19?/m0/s1. The number of ether oxygens (including phenoxy) is 1. The number of carbonyl (C=O) groups is 2. The molecule has 154 valence electrons. The summed E-state index contributed by atoms with van der Waals surface area (Å²) in [5.74, 6) is 0.250. The van der Waals surface area contributed by atoms with E-state index in [0.29, 0.717) is 12.3 Å². The van der Waals surface area contributed by atoms with Crippen molar-refractivity contribution in [1.82, 2.24) is 21.2 Å². The van der Waals surface area contributed by atoms with Crippen LogP contribution >= 0.6 is 0 Å². The number of para-hydroxylation sites is 1. The first-order valence-corrected chi connectivity index (χ1v) is 9.76. The highest BCUT2D eigenvalue weighted by Gasteiger charge is 2.27. The highest BCUT2D eigenvalue weighted by molar-refractivity contribution is 5.97. The molecule has 0 saturated carbocycles. The number of carbonyl (C=O) groups excluding carboxylic acids is 2. The van der Waals surface area contributed by atoms with E-state index in [0.717, 1.165) is 22.0 Å². The van der Waals surface area contributed by atoms with Crippen molar-refractivity contribution in [3.63, 3.8) is 0 Å². The predicted molar refractivity (Wildman–Crippen MR) is 114 cm³/mol. The molecule has 1 aliphatic rings. The number of aromatic nitrogens is 1. The van der Waals surface area contributed by atoms with Crippen LogP contribution in [-0.2, 0) is 22.6 Å². The summed E-state index contributed by atoms with van der Waals surface area (Å²) in [5, 5.41) is 3.94. The van der Waals surface area contributed by atoms with Gasteiger partial charge in [0.1, 0.15) is 18.5 Å². The van der Waals surface area contributed by atoms with Crippen molar-refractivity contribution in [3.05, 3.63) is 71.9 Å². The summed E-state index contributed by atoms with van der Waals surface area (Å²) in [6, 6.07) is 16.4. The minimum atomic E-state index is -0.558. The Kier molecular flexibility index (Phi) is 5.65. The van der Waals surface area contributed by atoms with Crippen molar-refractivity contribution in [3.8, 4) is 0 Å². The van der Waals surface area contributed by atoms with Crippen molar-refractivity contribution >= 4 is 28.7 Å². The largest absolute Gasteiger partial charge is 0.445 e. The van der Waals surface area contributed by atoms with Crippen LogP contribution in [0.2, 0.25) is 0 Å². The van der Waals surface area contributed by atoms with Gasteiger partial charge in [0.2, 0.25) is 0 Å². The summed E-state index contributed by atoms with van der Waals surface area (Å²) in [6.07, 6.45) is 1.83. The zero-order valence-corrected chi connectivity index (χ0v) is 16.5. The fourth-order valence-electron chi connectivity index (χ4n) is 3.35. The zero-order chi connectivity index (χ0) is 20.9. The van der Waals surface area contributed by atoms with E-state index in [2.05, 4.69) is 26.1 Å². The number of fused-ring (bicyclic) bond motifs is 1. The number of benzene rings is 2. The Balaban J connectivity index is 1.52. The Morgan fingerprint density at radius 1 is 1.13 bits per heavy atom. The van der Waals surface area contributed by atoms with Gasteiger partial charge in [-0.05, 0) is 24.1 Å². The van der Waals surface area contributed by atoms with Crippen LogP contribution in [0.25, 0.3) is 10.9 Å². The Hall–Kier alpha value is -3.81. The molecule has 30 heavy (non-hydrogen) atoms. The van der Waals surface area contributed by atoms with Gasteiger partial charge in [-0.15, -0.1) is 0 Å². The second-order valence-electron chi connectivity index (χ2n) is 7.13. The Labute approximate surface area is 173 Å². The lowest BCUT2D eigenvalue weighted by Crippen LogP contribution is -2.58. The molecule has 8 heteroatoms. The van der Waals surface area contributed by atoms with E-state index in [1.807, 2.05) is 60.8 Å². The molecule has 0 spiro atoms. The molecule has 1 aliphatic heterocycles. The number of H-pyrrole nitrogens is 1. The Bertz CT molecular complexity index is 1080. The highest BCUT2D eigenvalue weighted by Crippen LogP contribution is 2.19. The van der Waals surface area contributed by atoms with Gasteiger partial charge in [0.05, 0.1) is 6.04 Å². The highest BCUT2D eigenvalue weighted by atomic mass is 16.5. The molecule has 2 atom stereocenters. The van der Waals surface area contributed by atoms with Crippen molar-refractivity contribution < 1.29 is 14.3 Å². The summed E-state index contributed by atoms with van der Waals surface area (Å²) in [6.45, 7) is 1.87. The smallest absolute Gasteiger partial charge is 0.408 e. The first kappa shape index (κ1) is 19.5. The molecule has 0 fully saturated rings. The minimum Gasteiger partial charge on any atom is -0.445 e. The van der Waals surface area contributed by atoms with Gasteiger partial charge >= 0.3 is 6.09 Å². The summed E-state index contributed by atoms with van der Waals surface area (Å²) >= 11 is 0. The number of amides is 2. The van der Waals surface area contributed by atoms with Crippen molar-refractivity contribution in [2.75, 3.05) is 0 Å². The molecule has 2 amide bonds. The second kappa shape index (κ2) is 8.69. The summed E-state index contributed by atoms with van der Waals surface area (Å²) in [4.78, 5) is 31.9. The van der Waals surface area contributed by atoms with Crippen LogP contribution in [0.3, 0.4) is 0 Å². The van der Waals surface area contributed by atoms with Gasteiger partial charge in [-0.25, -0.2) is 4.79 Å². The maximum absolute atomic E-state index is 12.5. The molecular weight excluding hydrogens is 382 g/mol. The van der Waals surface area contributed by atoms with E-state index in [-0.39, 0.29) is 12.5 Å². The SMILES string of the molecule is C[C@@H]1N=C(C(Cc2c[nH]c3ccccc23)NC(=O)OCc2ccccc2)NNC1=O. The number of rotatable bonds is 6. The fourth-order valence-corrected chi connectivity index (χ4v) is 3.35. The molecule has 2 heterocycles. The molecule has 0 radical (unpaired) electrons. The summed E-state index contributed by atoms with van der Waals surface area (Å²) in [7, 11) is 0. The van der Waals surface area contributed by atoms with Crippen LogP contribution in [0, 0.1) is 0 Å². The minimum absolute atomic E-state index is 0.166. The van der Waals surface area contributed by atoms with E-state index >= 15 is 0 Å². The quantitative estimate of drug-likeness (QED) is 0.505. The number of amidine groups is 1. The lowest BCUT2D eigenvalue weighted by atomic mass is 10.0. The predicted octanol–water partition coefficient (Wildman–Crippen LogP) is 2.43. The van der Waals surface area contributed by atoms with Crippen molar-refractivity contribution in [2.45, 2.75) is 32.0 Å². The zero-order valence-electron chi connectivity index (χ0n) is 16.5. The van der Waals surface area contributed by atoms with Crippen LogP contribution in [-0.4, -0.2) is 34.9 Å². The molecule has 4 rings (SSSR count). The second-order valence-corrected chi connectivity index (χ2v) is 7.13. The maximum atomic E-state index is 12.5. The molecule has 3 aromatic rings. The molecule has 4 N–H and O–H groups in total. The topological polar surface area (TPSA) is 108 Å². The average molecular weight is 405 g/mol. The van der Waals surface area contributed by atoms with Crippen LogP contribution in [0.1, 0.15) is 18.1 Å². The first-order valence-electron chi connectivity index (χ1n) is 9.76. The van der Waals surface area contributed by atoms with E-state index in [1.165, 1.54) is 0 Å². The number of hydrogen-bond donors (Lipinski definition) is 4. The van der Waals surface area contributed by atoms with Gasteiger partial charge in [0.25, 0.3) is 5.91 Å². The van der Waals surface area contributed by atoms with Gasteiger partial charge in [-0.1, -0.05) is 48.5 Å². The number of aromatic amines is 1. The van der Waals surface area contributed by atoms with E-state index in [4.69, 9.17) is 4.74 Å². The number of hydrogen-bond acceptors (Lipinski definition) is 5.